The van der Waals surface area contributed by atoms with Crippen molar-refractivity contribution in [3.63, 3.8) is 0 Å². The first-order valence-corrected chi connectivity index (χ1v) is 13.2. The topological polar surface area (TPSA) is 0 Å². The van der Waals surface area contributed by atoms with Crippen molar-refractivity contribution in [2.75, 3.05) is 0 Å². The number of benzene rings is 3. The lowest BCUT2D eigenvalue weighted by Gasteiger charge is -2.14. The van der Waals surface area contributed by atoms with Crippen LogP contribution in [0.25, 0.3) is 11.1 Å². The Morgan fingerprint density at radius 3 is 0.750 bits per heavy atom. The van der Waals surface area contributed by atoms with Crippen molar-refractivity contribution >= 4 is 11.1 Å². The molecule has 0 heteroatoms. The minimum atomic E-state index is 0. The maximum Gasteiger partial charge on any atom is -0.00762 e. The van der Waals surface area contributed by atoms with Crippen molar-refractivity contribution < 1.29 is 0 Å². The summed E-state index contributed by atoms with van der Waals surface area (Å²) >= 11 is 0. The van der Waals surface area contributed by atoms with Crippen LogP contribution in [0.5, 0.6) is 0 Å². The first-order chi connectivity index (χ1) is 16.4. The second kappa shape index (κ2) is 42.6. The molecule has 210 valence electrons. The molecule has 0 heterocycles. The Hall–Kier alpha value is -2.60. The van der Waals surface area contributed by atoms with Gasteiger partial charge in [0.2, 0.25) is 0 Å². The van der Waals surface area contributed by atoms with Crippen molar-refractivity contribution in [3.05, 3.63) is 108 Å². The Kier molecular flexibility index (Phi) is 59.5. The van der Waals surface area contributed by atoms with Gasteiger partial charge < -0.3 is 0 Å². The van der Waals surface area contributed by atoms with Crippen LogP contribution in [0.3, 0.4) is 0 Å². The molecule has 0 aromatic heterocycles. The highest BCUT2D eigenvalue weighted by Gasteiger charge is 2.09. The fourth-order valence-electron chi connectivity index (χ4n) is 2.64. The maximum atomic E-state index is 2.20. The van der Waals surface area contributed by atoms with Gasteiger partial charge in [-0.25, -0.2) is 0 Å². The fraction of sp³-hybridized carbons (Fsp3) is 0.444. The Labute approximate surface area is 230 Å². The normalized spacial score (nSPS) is 6.92. The summed E-state index contributed by atoms with van der Waals surface area (Å²) in [5, 5.41) is 0. The highest BCUT2D eigenvalue weighted by Crippen LogP contribution is 2.31. The minimum Gasteiger partial charge on any atom is -0.0776 e. The third-order valence-corrected chi connectivity index (χ3v) is 3.71. The van der Waals surface area contributed by atoms with Crippen LogP contribution in [0.2, 0.25) is 0 Å². The summed E-state index contributed by atoms with van der Waals surface area (Å²) in [4.78, 5) is 0. The maximum absolute atomic E-state index is 2.20. The molecule has 0 fully saturated rings. The van der Waals surface area contributed by atoms with Gasteiger partial charge in [-0.15, -0.1) is 0 Å². The summed E-state index contributed by atoms with van der Waals surface area (Å²) in [6.07, 6.45) is 0. The van der Waals surface area contributed by atoms with E-state index < -0.39 is 0 Å². The van der Waals surface area contributed by atoms with E-state index in [1.54, 1.807) is 0 Å². The van der Waals surface area contributed by atoms with Crippen LogP contribution in [0.4, 0.5) is 0 Å². The van der Waals surface area contributed by atoms with Gasteiger partial charge in [0.25, 0.3) is 0 Å². The highest BCUT2D eigenvalue weighted by atomic mass is 14.1. The van der Waals surface area contributed by atoms with Crippen molar-refractivity contribution in [1.82, 2.24) is 0 Å². The Morgan fingerprint density at radius 1 is 0.333 bits per heavy atom. The molecule has 0 spiro atoms. The van der Waals surface area contributed by atoms with Gasteiger partial charge in [0.1, 0.15) is 0 Å². The number of hydrogen-bond donors (Lipinski definition) is 0. The zero-order chi connectivity index (χ0) is 26.5. The summed E-state index contributed by atoms with van der Waals surface area (Å²) in [6, 6.07) is 31.8. The molecule has 3 aromatic rings. The van der Waals surface area contributed by atoms with Crippen molar-refractivity contribution in [2.45, 2.75) is 112 Å². The fourth-order valence-corrected chi connectivity index (χ4v) is 2.64. The van der Waals surface area contributed by atoms with Crippen LogP contribution >= 0.6 is 0 Å². The molecule has 0 aliphatic carbocycles. The van der Waals surface area contributed by atoms with Gasteiger partial charge in [-0.05, 0) is 34.8 Å². The number of rotatable bonds is 3. The van der Waals surface area contributed by atoms with Crippen molar-refractivity contribution in [3.8, 4) is 0 Å². The molecule has 0 saturated carbocycles. The lowest BCUT2D eigenvalue weighted by molar-refractivity contribution is 1.50. The molecule has 3 aromatic carbocycles. The zero-order valence-corrected chi connectivity index (χ0v) is 24.2. The molecular weight excluding hydrogens is 432 g/mol. The summed E-state index contributed by atoms with van der Waals surface area (Å²) in [5.41, 5.74) is 6.37. The Morgan fingerprint density at radius 2 is 0.528 bits per heavy atom. The molecular formula is C36H66. The molecule has 0 unspecified atom stereocenters. The molecule has 0 atom stereocenters. The third kappa shape index (κ3) is 20.7. The second-order valence-electron chi connectivity index (χ2n) is 5.10. The largest absolute Gasteiger partial charge is 0.0776 e. The van der Waals surface area contributed by atoms with Gasteiger partial charge in [-0.2, -0.15) is 0 Å². The monoisotopic (exact) mass is 499 g/mol. The highest BCUT2D eigenvalue weighted by molar-refractivity contribution is 5.97. The Balaban J connectivity index is -0.0000000992. The smallest absolute Gasteiger partial charge is 0.00762 e. The SMILES string of the molecule is C.C.C.CC.CC.CC.CC.CC.CC.CC(=C(c1ccccc1)c1ccccc1)c1ccccc1. The van der Waals surface area contributed by atoms with E-state index in [-0.39, 0.29) is 22.3 Å². The van der Waals surface area contributed by atoms with Crippen LogP contribution in [-0.2, 0) is 0 Å². The molecule has 0 amide bonds. The van der Waals surface area contributed by atoms with Crippen LogP contribution in [0.15, 0.2) is 91.0 Å². The molecule has 0 aliphatic rings. The van der Waals surface area contributed by atoms with Gasteiger partial charge in [0.05, 0.1) is 0 Å². The van der Waals surface area contributed by atoms with Crippen LogP contribution < -0.4 is 0 Å². The first kappa shape index (κ1) is 50.3. The van der Waals surface area contributed by atoms with Crippen LogP contribution in [0, 0.1) is 0 Å². The van der Waals surface area contributed by atoms with Gasteiger partial charge in [0.15, 0.2) is 0 Å². The second-order valence-corrected chi connectivity index (χ2v) is 5.10. The van der Waals surface area contributed by atoms with Gasteiger partial charge in [-0.1, -0.05) is 196 Å². The van der Waals surface area contributed by atoms with Crippen molar-refractivity contribution in [2.24, 2.45) is 0 Å². The van der Waals surface area contributed by atoms with E-state index in [9.17, 15) is 0 Å². The lowest BCUT2D eigenvalue weighted by Crippen LogP contribution is -1.92. The minimum absolute atomic E-state index is 0. The van der Waals surface area contributed by atoms with Crippen molar-refractivity contribution in [1.29, 1.82) is 0 Å². The Bertz CT molecular complexity index is 681. The van der Waals surface area contributed by atoms with Gasteiger partial charge in [-0.3, -0.25) is 0 Å². The van der Waals surface area contributed by atoms with E-state index in [2.05, 4.69) is 97.9 Å². The molecule has 36 heavy (non-hydrogen) atoms. The number of allylic oxidation sites excluding steroid dienone is 1. The predicted octanol–water partition coefficient (Wildman–Crippen LogP) is 13.7. The molecule has 0 aliphatic heterocycles. The average molecular weight is 499 g/mol. The summed E-state index contributed by atoms with van der Waals surface area (Å²) in [6.45, 7) is 26.2. The predicted molar refractivity (Wildman–Crippen MR) is 179 cm³/mol. The lowest BCUT2D eigenvalue weighted by atomic mass is 9.90. The zero-order valence-electron chi connectivity index (χ0n) is 24.2. The molecule has 0 nitrogen and oxygen atoms in total. The molecule has 0 radical (unpaired) electrons. The standard InChI is InChI=1S/C21H18.6C2H6.3CH4/c1-17(18-11-5-2-6-12-18)21(19-13-7-3-8-14-19)20-15-9-4-10-16-20;6*1-2;;;/h2-16H,1H3;6*1-2H3;3*1H4. The molecule has 0 bridgehead atoms. The summed E-state index contributed by atoms with van der Waals surface area (Å²) in [7, 11) is 0. The average Bonchev–Trinajstić information content (AvgIpc) is 2.97. The van der Waals surface area contributed by atoms with E-state index in [1.807, 2.05) is 83.1 Å². The van der Waals surface area contributed by atoms with Crippen LogP contribution in [0.1, 0.15) is 129 Å². The summed E-state index contributed by atoms with van der Waals surface area (Å²) < 4.78 is 0. The van der Waals surface area contributed by atoms with E-state index in [4.69, 9.17) is 0 Å². The first-order valence-electron chi connectivity index (χ1n) is 13.2. The van der Waals surface area contributed by atoms with E-state index in [0.29, 0.717) is 0 Å². The third-order valence-electron chi connectivity index (χ3n) is 3.71. The quantitative estimate of drug-likeness (QED) is 0.315. The summed E-state index contributed by atoms with van der Waals surface area (Å²) in [5.74, 6) is 0. The van der Waals surface area contributed by atoms with E-state index >= 15 is 0 Å². The van der Waals surface area contributed by atoms with E-state index in [1.165, 1.54) is 27.8 Å². The molecule has 0 saturated heterocycles. The number of hydrogen-bond acceptors (Lipinski definition) is 0. The van der Waals surface area contributed by atoms with E-state index in [0.717, 1.165) is 0 Å². The van der Waals surface area contributed by atoms with Gasteiger partial charge in [0, 0.05) is 0 Å². The van der Waals surface area contributed by atoms with Gasteiger partial charge >= 0.3 is 0 Å². The molecule has 0 N–H and O–H groups in total. The van der Waals surface area contributed by atoms with Crippen LogP contribution in [-0.4, -0.2) is 0 Å². The molecule has 3 rings (SSSR count).